The molecule has 0 bridgehead atoms. The van der Waals surface area contributed by atoms with Crippen LogP contribution in [0.4, 0.5) is 38.0 Å². The van der Waals surface area contributed by atoms with Crippen molar-refractivity contribution in [3.8, 4) is 28.8 Å². The molecule has 5 aromatic rings. The number of rotatable bonds is 6. The number of pyridine rings is 1. The number of hydrogen-bond donors (Lipinski definition) is 2. The Kier molecular flexibility index (Phi) is 6.09. The zero-order chi connectivity index (χ0) is 27.1. The van der Waals surface area contributed by atoms with Crippen LogP contribution in [0.5, 0.6) is 17.2 Å². The molecule has 2 aromatic carbocycles. The molecule has 0 unspecified atom stereocenters. The van der Waals surface area contributed by atoms with E-state index in [9.17, 15) is 26.3 Å². The summed E-state index contributed by atoms with van der Waals surface area (Å²) in [6.45, 7) is 0. The smallest absolute Gasteiger partial charge is 0.457 e. The maximum absolute atomic E-state index is 12.9. The van der Waals surface area contributed by atoms with Crippen molar-refractivity contribution in [2.75, 3.05) is 5.32 Å². The Balaban J connectivity index is 1.33. The highest BCUT2D eigenvalue weighted by atomic mass is 19.4. The molecule has 2 N–H and O–H groups in total. The van der Waals surface area contributed by atoms with E-state index in [0.29, 0.717) is 34.8 Å². The van der Waals surface area contributed by atoms with Crippen LogP contribution in [0, 0.1) is 0 Å². The van der Waals surface area contributed by atoms with Gasteiger partial charge < -0.3 is 24.3 Å². The second-order valence-corrected chi connectivity index (χ2v) is 7.96. The Hall–Kier alpha value is -4.75. The van der Waals surface area contributed by atoms with Crippen LogP contribution in [-0.4, -0.2) is 30.9 Å². The van der Waals surface area contributed by atoms with Crippen LogP contribution in [0.1, 0.15) is 5.69 Å². The molecule has 0 saturated carbocycles. The number of aryl methyl sites for hydroxylation is 1. The number of anilines is 2. The van der Waals surface area contributed by atoms with E-state index in [-0.39, 0.29) is 17.3 Å². The number of ether oxygens (including phenoxy) is 2. The maximum atomic E-state index is 12.9. The van der Waals surface area contributed by atoms with Gasteiger partial charge in [-0.2, -0.15) is 13.2 Å². The fourth-order valence-electron chi connectivity index (χ4n) is 3.56. The standard InChI is InChI=1S/C24H16F6N6O2/c1-36-19-7-6-15(37-16-8-9-31-18(11-16)21-32-12-20(35-21)23(25,26)27)10-17(19)34-22(36)33-13-2-4-14(5-3-13)38-24(28,29)30/h2-12H,1H3,(H,32,35)(H,33,34). The molecule has 0 aliphatic carbocycles. The van der Waals surface area contributed by atoms with Gasteiger partial charge in [-0.1, -0.05) is 0 Å². The lowest BCUT2D eigenvalue weighted by molar-refractivity contribution is -0.274. The summed E-state index contributed by atoms with van der Waals surface area (Å²) >= 11 is 0. The second kappa shape index (κ2) is 9.28. The molecule has 8 nitrogen and oxygen atoms in total. The van der Waals surface area contributed by atoms with Gasteiger partial charge in [0.2, 0.25) is 5.95 Å². The topological polar surface area (TPSA) is 89.9 Å². The first kappa shape index (κ1) is 24.9. The molecule has 0 spiro atoms. The number of aromatic nitrogens is 5. The summed E-state index contributed by atoms with van der Waals surface area (Å²) in [5.41, 5.74) is 0.957. The maximum Gasteiger partial charge on any atom is 0.573 e. The summed E-state index contributed by atoms with van der Waals surface area (Å²) < 4.78 is 87.2. The fourth-order valence-corrected chi connectivity index (χ4v) is 3.56. The SMILES string of the molecule is Cn1c(Nc2ccc(OC(F)(F)F)cc2)nc2cc(Oc3ccnc(-c4ncc(C(F)(F)F)[nH]4)c3)ccc21. The fraction of sp³-hybridized carbons (Fsp3) is 0.125. The molecular formula is C24H16F6N6O2. The molecule has 0 atom stereocenters. The number of hydrogen-bond acceptors (Lipinski definition) is 6. The van der Waals surface area contributed by atoms with Gasteiger partial charge in [-0.25, -0.2) is 9.97 Å². The largest absolute Gasteiger partial charge is 0.573 e. The molecular weight excluding hydrogens is 518 g/mol. The predicted octanol–water partition coefficient (Wildman–Crippen LogP) is 6.81. The average molecular weight is 534 g/mol. The number of fused-ring (bicyclic) bond motifs is 1. The number of alkyl halides is 6. The molecule has 0 amide bonds. The van der Waals surface area contributed by atoms with Crippen LogP contribution in [0.15, 0.2) is 67.0 Å². The quantitative estimate of drug-likeness (QED) is 0.233. The van der Waals surface area contributed by atoms with Gasteiger partial charge in [0.1, 0.15) is 28.6 Å². The van der Waals surface area contributed by atoms with E-state index >= 15 is 0 Å². The molecule has 0 radical (unpaired) electrons. The molecule has 0 aliphatic rings. The van der Waals surface area contributed by atoms with Gasteiger partial charge in [-0.3, -0.25) is 4.98 Å². The van der Waals surface area contributed by atoms with Crippen molar-refractivity contribution in [2.24, 2.45) is 7.05 Å². The van der Waals surface area contributed by atoms with E-state index in [1.54, 1.807) is 35.9 Å². The number of nitrogens with zero attached hydrogens (tertiary/aromatic N) is 4. The van der Waals surface area contributed by atoms with Gasteiger partial charge in [0.25, 0.3) is 0 Å². The minimum Gasteiger partial charge on any atom is -0.457 e. The van der Waals surface area contributed by atoms with Crippen molar-refractivity contribution in [1.82, 2.24) is 24.5 Å². The van der Waals surface area contributed by atoms with Gasteiger partial charge in [0, 0.05) is 31.1 Å². The van der Waals surface area contributed by atoms with E-state index in [1.807, 2.05) is 0 Å². The molecule has 3 aromatic heterocycles. The van der Waals surface area contributed by atoms with E-state index in [0.717, 1.165) is 5.52 Å². The first-order valence-corrected chi connectivity index (χ1v) is 10.8. The molecule has 3 heterocycles. The van der Waals surface area contributed by atoms with E-state index < -0.39 is 18.2 Å². The predicted molar refractivity (Wildman–Crippen MR) is 124 cm³/mol. The highest BCUT2D eigenvalue weighted by Gasteiger charge is 2.33. The summed E-state index contributed by atoms with van der Waals surface area (Å²) in [6, 6.07) is 13.3. The molecule has 5 rings (SSSR count). The van der Waals surface area contributed by atoms with Gasteiger partial charge in [0.05, 0.1) is 17.2 Å². The van der Waals surface area contributed by atoms with Crippen molar-refractivity contribution in [2.45, 2.75) is 12.5 Å². The number of aromatic amines is 1. The lowest BCUT2D eigenvalue weighted by atomic mass is 10.3. The van der Waals surface area contributed by atoms with Crippen LogP contribution in [0.3, 0.4) is 0 Å². The monoisotopic (exact) mass is 534 g/mol. The van der Waals surface area contributed by atoms with E-state index in [2.05, 4.69) is 30.0 Å². The Bertz CT molecular complexity index is 1590. The van der Waals surface area contributed by atoms with Crippen molar-refractivity contribution >= 4 is 22.7 Å². The highest BCUT2D eigenvalue weighted by molar-refractivity contribution is 5.81. The first-order chi connectivity index (χ1) is 17.9. The zero-order valence-corrected chi connectivity index (χ0v) is 19.2. The minimum atomic E-state index is -4.78. The Labute approximate surface area is 209 Å². The Morgan fingerprint density at radius 1 is 0.868 bits per heavy atom. The van der Waals surface area contributed by atoms with Crippen molar-refractivity contribution in [1.29, 1.82) is 0 Å². The zero-order valence-electron chi connectivity index (χ0n) is 19.2. The summed E-state index contributed by atoms with van der Waals surface area (Å²) in [6.07, 6.45) is -7.27. The third kappa shape index (κ3) is 5.48. The minimum absolute atomic E-state index is 0.0586. The lowest BCUT2D eigenvalue weighted by Crippen LogP contribution is -2.17. The summed E-state index contributed by atoms with van der Waals surface area (Å²) in [4.78, 5) is 14.5. The molecule has 0 saturated heterocycles. The van der Waals surface area contributed by atoms with Gasteiger partial charge in [-0.05, 0) is 42.5 Å². The van der Waals surface area contributed by atoms with E-state index in [1.165, 1.54) is 36.5 Å². The number of benzene rings is 2. The number of H-pyrrole nitrogens is 1. The van der Waals surface area contributed by atoms with Crippen LogP contribution in [0.2, 0.25) is 0 Å². The van der Waals surface area contributed by atoms with Crippen molar-refractivity contribution in [3.63, 3.8) is 0 Å². The Morgan fingerprint density at radius 3 is 2.26 bits per heavy atom. The van der Waals surface area contributed by atoms with Crippen LogP contribution >= 0.6 is 0 Å². The van der Waals surface area contributed by atoms with Crippen LogP contribution in [0.25, 0.3) is 22.6 Å². The third-order valence-electron chi connectivity index (χ3n) is 5.29. The molecule has 196 valence electrons. The lowest BCUT2D eigenvalue weighted by Gasteiger charge is -2.10. The van der Waals surface area contributed by atoms with Gasteiger partial charge >= 0.3 is 12.5 Å². The summed E-state index contributed by atoms with van der Waals surface area (Å²) in [5.74, 6) is 0.739. The number of halogens is 6. The number of imidazole rings is 2. The third-order valence-corrected chi connectivity index (χ3v) is 5.29. The Morgan fingerprint density at radius 2 is 1.58 bits per heavy atom. The van der Waals surface area contributed by atoms with Crippen molar-refractivity contribution in [3.05, 3.63) is 72.7 Å². The van der Waals surface area contributed by atoms with Crippen molar-refractivity contribution < 1.29 is 35.8 Å². The first-order valence-electron chi connectivity index (χ1n) is 10.8. The molecule has 0 fully saturated rings. The summed E-state index contributed by atoms with van der Waals surface area (Å²) in [5, 5.41) is 3.03. The number of nitrogens with one attached hydrogen (secondary N) is 2. The van der Waals surface area contributed by atoms with Gasteiger partial charge in [-0.15, -0.1) is 13.2 Å². The highest BCUT2D eigenvalue weighted by Crippen LogP contribution is 2.32. The molecule has 38 heavy (non-hydrogen) atoms. The second-order valence-electron chi connectivity index (χ2n) is 7.96. The van der Waals surface area contributed by atoms with Crippen LogP contribution in [-0.2, 0) is 13.2 Å². The normalized spacial score (nSPS) is 12.1. The molecule has 0 aliphatic heterocycles. The average Bonchev–Trinajstić information content (AvgIpc) is 3.45. The van der Waals surface area contributed by atoms with Gasteiger partial charge in [0.15, 0.2) is 5.82 Å². The molecule has 14 heteroatoms. The van der Waals surface area contributed by atoms with Crippen LogP contribution < -0.4 is 14.8 Å². The summed E-state index contributed by atoms with van der Waals surface area (Å²) in [7, 11) is 1.76. The van der Waals surface area contributed by atoms with E-state index in [4.69, 9.17) is 4.74 Å².